The van der Waals surface area contributed by atoms with Crippen molar-refractivity contribution in [3.63, 3.8) is 0 Å². The molecule has 2 aromatic carbocycles. The summed E-state index contributed by atoms with van der Waals surface area (Å²) in [5, 5.41) is 7.18. The molecule has 3 aromatic rings. The summed E-state index contributed by atoms with van der Waals surface area (Å²) in [6.45, 7) is 6.86. The summed E-state index contributed by atoms with van der Waals surface area (Å²) in [5.74, 6) is 2.02. The Morgan fingerprint density at radius 2 is 1.76 bits per heavy atom. The maximum absolute atomic E-state index is 6.02. The van der Waals surface area contributed by atoms with Crippen molar-refractivity contribution in [2.24, 2.45) is 10.7 Å². The first kappa shape index (κ1) is 22.9. The molecule has 0 aliphatic carbocycles. The van der Waals surface area contributed by atoms with Crippen LogP contribution < -0.4 is 11.1 Å². The Morgan fingerprint density at radius 1 is 1.07 bits per heavy atom. The number of benzene rings is 2. The Kier molecular flexibility index (Phi) is 8.63. The Bertz CT molecular complexity index is 908. The topological polar surface area (TPSA) is 89.3 Å². The van der Waals surface area contributed by atoms with Crippen LogP contribution in [0.5, 0.6) is 0 Å². The number of hydrogen-bond donors (Lipinski definition) is 2. The van der Waals surface area contributed by atoms with Crippen LogP contribution >= 0.6 is 24.0 Å². The van der Waals surface area contributed by atoms with E-state index in [-0.39, 0.29) is 29.9 Å². The lowest BCUT2D eigenvalue weighted by Gasteiger charge is -2.11. The highest BCUT2D eigenvalue weighted by Crippen LogP contribution is 2.21. The maximum Gasteiger partial charge on any atom is 0.231 e. The molecule has 6 nitrogen and oxygen atoms in total. The van der Waals surface area contributed by atoms with Crippen molar-refractivity contribution in [3.8, 4) is 11.4 Å². The third-order valence-electron chi connectivity index (χ3n) is 4.80. The summed E-state index contributed by atoms with van der Waals surface area (Å²) in [4.78, 5) is 8.88. The number of nitrogens with one attached hydrogen (secondary N) is 1. The fourth-order valence-corrected chi connectivity index (χ4v) is 2.77. The first-order valence-electron chi connectivity index (χ1n) is 9.62. The predicted molar refractivity (Wildman–Crippen MR) is 129 cm³/mol. The average Bonchev–Trinajstić information content (AvgIpc) is 3.23. The monoisotopic (exact) mass is 505 g/mol. The van der Waals surface area contributed by atoms with Crippen molar-refractivity contribution in [1.29, 1.82) is 0 Å². The van der Waals surface area contributed by atoms with Crippen molar-refractivity contribution in [2.45, 2.75) is 39.0 Å². The molecule has 2 unspecified atom stereocenters. The summed E-state index contributed by atoms with van der Waals surface area (Å²) in [5.41, 5.74) is 9.19. The van der Waals surface area contributed by atoms with Crippen LogP contribution in [0.1, 0.15) is 50.5 Å². The number of anilines is 1. The molecule has 0 aliphatic heterocycles. The zero-order valence-electron chi connectivity index (χ0n) is 17.0. The molecule has 0 saturated heterocycles. The first-order chi connectivity index (χ1) is 13.6. The van der Waals surface area contributed by atoms with Crippen LogP contribution in [0.25, 0.3) is 11.4 Å². The molecule has 0 fully saturated rings. The molecule has 0 saturated carbocycles. The summed E-state index contributed by atoms with van der Waals surface area (Å²) < 4.78 is 5.39. The Balaban J connectivity index is 0.00000300. The van der Waals surface area contributed by atoms with Gasteiger partial charge in [-0.2, -0.15) is 4.98 Å². The summed E-state index contributed by atoms with van der Waals surface area (Å²) in [7, 11) is 0. The number of aromatic nitrogens is 2. The molecule has 154 valence electrons. The van der Waals surface area contributed by atoms with Gasteiger partial charge < -0.3 is 15.6 Å². The molecule has 0 bridgehead atoms. The largest absolute Gasteiger partial charge is 0.370 e. The van der Waals surface area contributed by atoms with Crippen molar-refractivity contribution >= 4 is 35.6 Å². The van der Waals surface area contributed by atoms with Gasteiger partial charge in [-0.05, 0) is 30.0 Å². The highest BCUT2D eigenvalue weighted by atomic mass is 127. The van der Waals surface area contributed by atoms with Gasteiger partial charge >= 0.3 is 0 Å². The van der Waals surface area contributed by atoms with Crippen LogP contribution in [0.3, 0.4) is 0 Å². The van der Waals surface area contributed by atoms with E-state index in [1.165, 1.54) is 5.56 Å². The van der Waals surface area contributed by atoms with Crippen LogP contribution in [0.4, 0.5) is 5.69 Å². The van der Waals surface area contributed by atoms with Gasteiger partial charge in [-0.15, -0.1) is 24.0 Å². The van der Waals surface area contributed by atoms with E-state index in [0.717, 1.165) is 17.7 Å². The Labute approximate surface area is 189 Å². The predicted octanol–water partition coefficient (Wildman–Crippen LogP) is 5.40. The van der Waals surface area contributed by atoms with E-state index >= 15 is 0 Å². The minimum atomic E-state index is -0.0295. The molecule has 3 rings (SSSR count). The van der Waals surface area contributed by atoms with E-state index < -0.39 is 0 Å². The molecule has 29 heavy (non-hydrogen) atoms. The minimum absolute atomic E-state index is 0. The molecule has 0 radical (unpaired) electrons. The fourth-order valence-electron chi connectivity index (χ4n) is 2.77. The van der Waals surface area contributed by atoms with Crippen LogP contribution in [-0.4, -0.2) is 22.6 Å². The van der Waals surface area contributed by atoms with Gasteiger partial charge in [0.05, 0.1) is 12.5 Å². The van der Waals surface area contributed by atoms with Gasteiger partial charge in [0.25, 0.3) is 0 Å². The number of aliphatic imine (C=N–C) groups is 1. The van der Waals surface area contributed by atoms with Gasteiger partial charge in [0.15, 0.2) is 5.96 Å². The molecular formula is C22H28IN5O. The molecule has 0 aliphatic rings. The van der Waals surface area contributed by atoms with E-state index in [0.29, 0.717) is 30.1 Å². The smallest absolute Gasteiger partial charge is 0.231 e. The van der Waals surface area contributed by atoms with Gasteiger partial charge in [0, 0.05) is 11.3 Å². The zero-order valence-corrected chi connectivity index (χ0v) is 19.3. The Morgan fingerprint density at radius 3 is 2.41 bits per heavy atom. The summed E-state index contributed by atoms with van der Waals surface area (Å²) >= 11 is 0. The third-order valence-corrected chi connectivity index (χ3v) is 4.80. The van der Waals surface area contributed by atoms with E-state index in [2.05, 4.69) is 46.4 Å². The van der Waals surface area contributed by atoms with Crippen molar-refractivity contribution in [2.75, 3.05) is 11.9 Å². The zero-order chi connectivity index (χ0) is 19.9. The van der Waals surface area contributed by atoms with Gasteiger partial charge in [-0.25, -0.2) is 0 Å². The van der Waals surface area contributed by atoms with Crippen LogP contribution in [0.2, 0.25) is 0 Å². The molecule has 3 N–H and O–H groups in total. The number of nitrogens with zero attached hydrogens (tertiary/aromatic N) is 3. The van der Waals surface area contributed by atoms with E-state index in [4.69, 9.17) is 10.3 Å². The van der Waals surface area contributed by atoms with Crippen LogP contribution in [-0.2, 0) is 0 Å². The standard InChI is InChI=1S/C22H27N5O.HI/c1-4-15(2)17-10-12-19(13-11-17)25-22(23)24-14-16(3)21-26-20(27-28-21)18-8-6-5-7-9-18;/h5-13,15-16H,4,14H2,1-3H3,(H3,23,24,25);1H. The van der Waals surface area contributed by atoms with Crippen LogP contribution in [0, 0.1) is 0 Å². The third kappa shape index (κ3) is 6.28. The number of guanidine groups is 1. The SMILES string of the molecule is CCC(C)c1ccc(NC(N)=NCC(C)c2nc(-c3ccccc3)no2)cc1.I. The van der Waals surface area contributed by atoms with Crippen molar-refractivity contribution in [1.82, 2.24) is 10.1 Å². The van der Waals surface area contributed by atoms with Gasteiger partial charge in [0.1, 0.15) is 0 Å². The molecule has 1 aromatic heterocycles. The summed E-state index contributed by atoms with van der Waals surface area (Å²) in [6.07, 6.45) is 1.12. The van der Waals surface area contributed by atoms with E-state index in [1.807, 2.05) is 49.4 Å². The van der Waals surface area contributed by atoms with Crippen LogP contribution in [0.15, 0.2) is 64.1 Å². The first-order valence-corrected chi connectivity index (χ1v) is 9.62. The number of nitrogens with two attached hydrogens (primary N) is 1. The van der Waals surface area contributed by atoms with Gasteiger partial charge in [0.2, 0.25) is 11.7 Å². The van der Waals surface area contributed by atoms with E-state index in [1.54, 1.807) is 0 Å². The Hall–Kier alpha value is -2.42. The lowest BCUT2D eigenvalue weighted by molar-refractivity contribution is 0.361. The lowest BCUT2D eigenvalue weighted by Crippen LogP contribution is -2.23. The second kappa shape index (κ2) is 10.9. The molecule has 7 heteroatoms. The molecule has 0 spiro atoms. The van der Waals surface area contributed by atoms with E-state index in [9.17, 15) is 0 Å². The fraction of sp³-hybridized carbons (Fsp3) is 0.318. The lowest BCUT2D eigenvalue weighted by atomic mass is 9.99. The van der Waals surface area contributed by atoms with Crippen molar-refractivity contribution < 1.29 is 4.52 Å². The maximum atomic E-state index is 6.02. The summed E-state index contributed by atoms with van der Waals surface area (Å²) in [6, 6.07) is 18.0. The molecule has 0 amide bonds. The highest BCUT2D eigenvalue weighted by Gasteiger charge is 2.15. The normalized spacial score (nSPS) is 13.4. The van der Waals surface area contributed by atoms with Gasteiger partial charge in [-0.3, -0.25) is 4.99 Å². The quantitative estimate of drug-likeness (QED) is 0.255. The molecule has 1 heterocycles. The number of rotatable bonds is 7. The molecule has 2 atom stereocenters. The highest BCUT2D eigenvalue weighted by molar-refractivity contribution is 14.0. The van der Waals surface area contributed by atoms with Crippen molar-refractivity contribution in [3.05, 3.63) is 66.1 Å². The molecular weight excluding hydrogens is 477 g/mol. The number of hydrogen-bond acceptors (Lipinski definition) is 4. The second-order valence-corrected chi connectivity index (χ2v) is 7.01. The minimum Gasteiger partial charge on any atom is -0.370 e. The number of halogens is 1. The second-order valence-electron chi connectivity index (χ2n) is 7.01. The van der Waals surface area contributed by atoms with Gasteiger partial charge in [-0.1, -0.05) is 68.4 Å². The average molecular weight is 505 g/mol.